The Morgan fingerprint density at radius 2 is 1.83 bits per heavy atom. The quantitative estimate of drug-likeness (QED) is 0.527. The Morgan fingerprint density at radius 1 is 1.07 bits per heavy atom. The Morgan fingerprint density at radius 3 is 2.53 bits per heavy atom. The molecule has 4 aromatic rings. The number of rotatable bonds is 5. The highest BCUT2D eigenvalue weighted by Crippen LogP contribution is 2.32. The third-order valence-electron chi connectivity index (χ3n) is 4.81. The molecule has 0 unspecified atom stereocenters. The van der Waals surface area contributed by atoms with Gasteiger partial charge in [-0.25, -0.2) is 14.1 Å². The first-order valence-electron chi connectivity index (χ1n) is 9.04. The molecule has 0 spiro atoms. The number of carbonyl (C=O) groups is 2. The number of benzene rings is 2. The van der Waals surface area contributed by atoms with Gasteiger partial charge in [0.15, 0.2) is 0 Å². The molecule has 2 aromatic heterocycles. The largest absolute Gasteiger partial charge is 0.366 e. The number of aromatic nitrogens is 4. The zero-order chi connectivity index (χ0) is 21.4. The van der Waals surface area contributed by atoms with Gasteiger partial charge in [0, 0.05) is 10.9 Å². The van der Waals surface area contributed by atoms with Crippen LogP contribution in [0.4, 0.5) is 4.39 Å². The lowest BCUT2D eigenvalue weighted by atomic mass is 9.96. The molecule has 0 aliphatic rings. The van der Waals surface area contributed by atoms with Crippen LogP contribution in [0.5, 0.6) is 0 Å². The molecule has 4 rings (SSSR count). The predicted molar refractivity (Wildman–Crippen MR) is 108 cm³/mol. The van der Waals surface area contributed by atoms with Crippen LogP contribution in [0, 0.1) is 12.7 Å². The number of carbonyl (C=O) groups excluding carboxylic acids is 2. The van der Waals surface area contributed by atoms with Crippen LogP contribution >= 0.6 is 0 Å². The average Bonchev–Trinajstić information content (AvgIpc) is 3.06. The molecule has 0 aliphatic carbocycles. The minimum atomic E-state index is -0.822. The van der Waals surface area contributed by atoms with Crippen molar-refractivity contribution in [3.05, 3.63) is 76.9 Å². The van der Waals surface area contributed by atoms with E-state index in [2.05, 4.69) is 15.3 Å². The number of fused-ring (bicyclic) bond motifs is 1. The first kappa shape index (κ1) is 19.2. The van der Waals surface area contributed by atoms with Gasteiger partial charge in [0.05, 0.1) is 23.3 Å². The fourth-order valence-electron chi connectivity index (χ4n) is 3.43. The van der Waals surface area contributed by atoms with E-state index in [-0.39, 0.29) is 34.9 Å². The second-order valence-corrected chi connectivity index (χ2v) is 6.77. The molecule has 2 heterocycles. The van der Waals surface area contributed by atoms with E-state index < -0.39 is 11.8 Å². The fourth-order valence-corrected chi connectivity index (χ4v) is 3.43. The highest BCUT2D eigenvalue weighted by Gasteiger charge is 2.27. The van der Waals surface area contributed by atoms with Gasteiger partial charge in [-0.15, -0.1) is 5.10 Å². The summed E-state index contributed by atoms with van der Waals surface area (Å²) in [6.07, 6.45) is 0. The third kappa shape index (κ3) is 3.26. The van der Waals surface area contributed by atoms with Gasteiger partial charge in [-0.05, 0) is 30.7 Å². The number of hydrogen-bond acceptors (Lipinski definition) is 5. The van der Waals surface area contributed by atoms with Crippen LogP contribution in [0.2, 0.25) is 0 Å². The van der Waals surface area contributed by atoms with E-state index in [9.17, 15) is 14.0 Å². The minimum absolute atomic E-state index is 0.0929. The number of halogens is 1. The Hall–Kier alpha value is -4.14. The molecule has 2 aromatic carbocycles. The zero-order valence-electron chi connectivity index (χ0n) is 16.0. The fraction of sp³-hybridized carbons (Fsp3) is 0.0952. The minimum Gasteiger partial charge on any atom is -0.366 e. The maximum atomic E-state index is 13.5. The first-order valence-corrected chi connectivity index (χ1v) is 9.04. The van der Waals surface area contributed by atoms with Crippen molar-refractivity contribution in [2.24, 2.45) is 11.5 Å². The lowest BCUT2D eigenvalue weighted by molar-refractivity contribution is 0.0996. The number of pyridine rings is 1. The molecule has 0 aliphatic heterocycles. The Kier molecular flexibility index (Phi) is 4.71. The molecule has 9 heteroatoms. The smallest absolute Gasteiger partial charge is 0.268 e. The van der Waals surface area contributed by atoms with Gasteiger partial charge in [-0.3, -0.25) is 9.59 Å². The van der Waals surface area contributed by atoms with Crippen molar-refractivity contribution in [3.8, 4) is 11.3 Å². The van der Waals surface area contributed by atoms with Crippen LogP contribution in [-0.4, -0.2) is 31.8 Å². The maximum absolute atomic E-state index is 13.5. The molecule has 30 heavy (non-hydrogen) atoms. The molecule has 0 fully saturated rings. The molecule has 0 bridgehead atoms. The van der Waals surface area contributed by atoms with Crippen molar-refractivity contribution in [2.45, 2.75) is 13.5 Å². The summed E-state index contributed by atoms with van der Waals surface area (Å²) in [6.45, 7) is 1.97. The molecule has 150 valence electrons. The molecule has 0 atom stereocenters. The van der Waals surface area contributed by atoms with Crippen molar-refractivity contribution >= 4 is 22.7 Å². The highest BCUT2D eigenvalue weighted by molar-refractivity contribution is 6.15. The van der Waals surface area contributed by atoms with Gasteiger partial charge in [0.1, 0.15) is 17.2 Å². The van der Waals surface area contributed by atoms with Gasteiger partial charge in [0.2, 0.25) is 5.91 Å². The molecular weight excluding hydrogens is 387 g/mol. The van der Waals surface area contributed by atoms with E-state index in [1.165, 1.54) is 16.8 Å². The molecule has 0 radical (unpaired) electrons. The normalized spacial score (nSPS) is 11.0. The second-order valence-electron chi connectivity index (χ2n) is 6.77. The number of nitrogens with two attached hydrogens (primary N) is 2. The van der Waals surface area contributed by atoms with Gasteiger partial charge >= 0.3 is 0 Å². The van der Waals surface area contributed by atoms with Crippen molar-refractivity contribution in [1.82, 2.24) is 20.0 Å². The van der Waals surface area contributed by atoms with E-state index in [4.69, 9.17) is 11.5 Å². The van der Waals surface area contributed by atoms with Gasteiger partial charge < -0.3 is 11.5 Å². The summed E-state index contributed by atoms with van der Waals surface area (Å²) in [6, 6.07) is 12.9. The predicted octanol–water partition coefficient (Wildman–Crippen LogP) is 2.19. The van der Waals surface area contributed by atoms with Gasteiger partial charge in [-0.1, -0.05) is 35.5 Å². The topological polar surface area (TPSA) is 130 Å². The lowest BCUT2D eigenvalue weighted by Crippen LogP contribution is -2.21. The maximum Gasteiger partial charge on any atom is 0.268 e. The number of para-hydroxylation sites is 1. The number of hydrogen-bond donors (Lipinski definition) is 2. The zero-order valence-corrected chi connectivity index (χ0v) is 16.0. The second kappa shape index (κ2) is 7.36. The third-order valence-corrected chi connectivity index (χ3v) is 4.81. The van der Waals surface area contributed by atoms with Crippen LogP contribution in [0.15, 0.2) is 48.5 Å². The van der Waals surface area contributed by atoms with Crippen LogP contribution < -0.4 is 11.5 Å². The Labute approximate surface area is 170 Å². The lowest BCUT2D eigenvalue weighted by Gasteiger charge is -2.13. The molecule has 0 saturated heterocycles. The Balaban J connectivity index is 1.94. The van der Waals surface area contributed by atoms with Crippen molar-refractivity contribution in [1.29, 1.82) is 0 Å². The van der Waals surface area contributed by atoms with Crippen LogP contribution in [-0.2, 0) is 6.54 Å². The van der Waals surface area contributed by atoms with Crippen molar-refractivity contribution in [3.63, 3.8) is 0 Å². The summed E-state index contributed by atoms with van der Waals surface area (Å²) in [5, 5.41) is 8.75. The van der Waals surface area contributed by atoms with Crippen LogP contribution in [0.3, 0.4) is 0 Å². The molecule has 4 N–H and O–H groups in total. The van der Waals surface area contributed by atoms with Crippen LogP contribution in [0.1, 0.15) is 32.1 Å². The standard InChI is InChI=1S/C21H17FN6O2/c1-11-18(26-27-28(11)10-12-5-4-6-13(22)9-12)17-16(20(23)29)14-7-2-3-8-15(14)25-19(17)21(24)30/h2-9H,10H2,1H3,(H2,23,29)(H2,24,30). The number of nitrogens with zero attached hydrogens (tertiary/aromatic N) is 4. The monoisotopic (exact) mass is 404 g/mol. The van der Waals surface area contributed by atoms with Crippen molar-refractivity contribution < 1.29 is 14.0 Å². The van der Waals surface area contributed by atoms with E-state index in [0.717, 1.165) is 0 Å². The number of amides is 2. The summed E-state index contributed by atoms with van der Waals surface area (Å²) in [5.74, 6) is -1.93. The highest BCUT2D eigenvalue weighted by atomic mass is 19.1. The molecule has 0 saturated carbocycles. The molecule has 2 amide bonds. The first-order chi connectivity index (χ1) is 14.4. The Bertz CT molecular complexity index is 1310. The van der Waals surface area contributed by atoms with Crippen LogP contribution in [0.25, 0.3) is 22.2 Å². The molecular formula is C21H17FN6O2. The molecule has 8 nitrogen and oxygen atoms in total. The average molecular weight is 404 g/mol. The summed E-state index contributed by atoms with van der Waals surface area (Å²) in [7, 11) is 0. The van der Waals surface area contributed by atoms with Crippen molar-refractivity contribution in [2.75, 3.05) is 0 Å². The van der Waals surface area contributed by atoms with E-state index >= 15 is 0 Å². The van der Waals surface area contributed by atoms with Gasteiger partial charge in [0.25, 0.3) is 5.91 Å². The van der Waals surface area contributed by atoms with E-state index in [1.54, 1.807) is 43.3 Å². The number of primary amides is 2. The SMILES string of the molecule is Cc1c(-c2c(C(N)=O)nc3ccccc3c2C(N)=O)nnn1Cc1cccc(F)c1. The summed E-state index contributed by atoms with van der Waals surface area (Å²) >= 11 is 0. The van der Waals surface area contributed by atoms with Gasteiger partial charge in [-0.2, -0.15) is 0 Å². The summed E-state index contributed by atoms with van der Waals surface area (Å²) in [5.41, 5.74) is 13.2. The summed E-state index contributed by atoms with van der Waals surface area (Å²) in [4.78, 5) is 28.9. The summed E-state index contributed by atoms with van der Waals surface area (Å²) < 4.78 is 15.1. The van der Waals surface area contributed by atoms with E-state index in [0.29, 0.717) is 22.2 Å². The van der Waals surface area contributed by atoms with E-state index in [1.807, 2.05) is 0 Å².